The zero-order valence-corrected chi connectivity index (χ0v) is 13.5. The molecule has 1 aliphatic carbocycles. The van der Waals surface area contributed by atoms with E-state index in [4.69, 9.17) is 0 Å². The molecule has 21 heavy (non-hydrogen) atoms. The number of thiophene rings is 1. The van der Waals surface area contributed by atoms with E-state index in [1.807, 2.05) is 25.1 Å². The van der Waals surface area contributed by atoms with Gasteiger partial charge in [-0.15, -0.1) is 11.3 Å². The Labute approximate surface area is 128 Å². The Balaban J connectivity index is 1.96. The lowest BCUT2D eigenvalue weighted by molar-refractivity contribution is 0.282. The predicted octanol–water partition coefficient (Wildman–Crippen LogP) is 2.86. The van der Waals surface area contributed by atoms with Gasteiger partial charge in [0.25, 0.3) is 0 Å². The highest BCUT2D eigenvalue weighted by atomic mass is 32.2. The molecule has 1 heterocycles. The highest BCUT2D eigenvalue weighted by molar-refractivity contribution is 7.90. The number of aliphatic hydroxyl groups is 1. The normalized spacial score (nSPS) is 17.2. The van der Waals surface area contributed by atoms with Crippen molar-refractivity contribution in [2.75, 3.05) is 0 Å². The van der Waals surface area contributed by atoms with Gasteiger partial charge in [0.2, 0.25) is 10.0 Å². The van der Waals surface area contributed by atoms with Crippen LogP contribution >= 0.6 is 11.3 Å². The standard InChI is InChI=1S/C15H19NO3S2/c1-10(8-11-6-7-11)16-21(18,19)15-12-4-2-3-5-13(12)20-14(15)9-17/h2-5,10-11,16-17H,6-9H2,1H3. The van der Waals surface area contributed by atoms with E-state index < -0.39 is 10.0 Å². The average molecular weight is 325 g/mol. The van der Waals surface area contributed by atoms with Crippen molar-refractivity contribution in [1.29, 1.82) is 0 Å². The van der Waals surface area contributed by atoms with Crippen molar-refractivity contribution in [3.8, 4) is 0 Å². The van der Waals surface area contributed by atoms with E-state index in [0.717, 1.165) is 11.1 Å². The number of sulfonamides is 1. The third kappa shape index (κ3) is 3.13. The molecule has 0 aliphatic heterocycles. The van der Waals surface area contributed by atoms with Gasteiger partial charge in [0, 0.05) is 16.1 Å². The fourth-order valence-corrected chi connectivity index (χ4v) is 5.75. The molecule has 1 aliphatic rings. The van der Waals surface area contributed by atoms with E-state index in [9.17, 15) is 13.5 Å². The number of nitrogens with one attached hydrogen (secondary N) is 1. The number of fused-ring (bicyclic) bond motifs is 1. The second-order valence-electron chi connectivity index (χ2n) is 5.71. The molecule has 1 aromatic carbocycles. The average Bonchev–Trinajstić information content (AvgIpc) is 3.14. The van der Waals surface area contributed by atoms with Crippen LogP contribution in [0.2, 0.25) is 0 Å². The molecule has 0 saturated heterocycles. The van der Waals surface area contributed by atoms with E-state index in [1.165, 1.54) is 24.2 Å². The smallest absolute Gasteiger partial charge is 0.242 e. The van der Waals surface area contributed by atoms with Crippen molar-refractivity contribution in [2.45, 2.75) is 43.7 Å². The van der Waals surface area contributed by atoms with Gasteiger partial charge >= 0.3 is 0 Å². The third-order valence-corrected chi connectivity index (χ3v) is 6.77. The molecule has 1 atom stereocenters. The van der Waals surface area contributed by atoms with Crippen LogP contribution in [-0.4, -0.2) is 19.6 Å². The maximum Gasteiger partial charge on any atom is 0.242 e. The summed E-state index contributed by atoms with van der Waals surface area (Å²) in [5, 5.41) is 10.2. The highest BCUT2D eigenvalue weighted by Crippen LogP contribution is 2.36. The molecule has 114 valence electrons. The maximum absolute atomic E-state index is 12.7. The summed E-state index contributed by atoms with van der Waals surface area (Å²) in [6.45, 7) is 1.65. The number of aliphatic hydroxyl groups excluding tert-OH is 1. The van der Waals surface area contributed by atoms with Gasteiger partial charge in [-0.25, -0.2) is 13.1 Å². The second-order valence-corrected chi connectivity index (χ2v) is 8.50. The number of rotatable bonds is 6. The van der Waals surface area contributed by atoms with E-state index >= 15 is 0 Å². The van der Waals surface area contributed by atoms with Crippen molar-refractivity contribution in [1.82, 2.24) is 4.72 Å². The Morgan fingerprint density at radius 3 is 2.76 bits per heavy atom. The Morgan fingerprint density at radius 2 is 2.10 bits per heavy atom. The minimum Gasteiger partial charge on any atom is -0.391 e. The molecular weight excluding hydrogens is 306 g/mol. The number of hydrogen-bond acceptors (Lipinski definition) is 4. The quantitative estimate of drug-likeness (QED) is 0.858. The van der Waals surface area contributed by atoms with Crippen molar-refractivity contribution in [3.63, 3.8) is 0 Å². The second kappa shape index (κ2) is 5.68. The summed E-state index contributed by atoms with van der Waals surface area (Å²) >= 11 is 1.33. The van der Waals surface area contributed by atoms with Crippen molar-refractivity contribution >= 4 is 31.4 Å². The zero-order valence-electron chi connectivity index (χ0n) is 11.9. The van der Waals surface area contributed by atoms with Gasteiger partial charge < -0.3 is 5.11 Å². The number of hydrogen-bond donors (Lipinski definition) is 2. The molecule has 0 radical (unpaired) electrons. The van der Waals surface area contributed by atoms with Gasteiger partial charge in [0.05, 0.1) is 11.5 Å². The Hall–Kier alpha value is -0.950. The van der Waals surface area contributed by atoms with Crippen molar-refractivity contribution < 1.29 is 13.5 Å². The minimum atomic E-state index is -3.60. The lowest BCUT2D eigenvalue weighted by Gasteiger charge is -2.14. The first kappa shape index (κ1) is 15.0. The van der Waals surface area contributed by atoms with Crippen LogP contribution in [0.1, 0.15) is 31.1 Å². The van der Waals surface area contributed by atoms with Crippen LogP contribution in [-0.2, 0) is 16.6 Å². The molecule has 1 fully saturated rings. The SMILES string of the molecule is CC(CC1CC1)NS(=O)(=O)c1c(CO)sc2ccccc12. The number of benzene rings is 1. The summed E-state index contributed by atoms with van der Waals surface area (Å²) in [5.41, 5.74) is 0. The summed E-state index contributed by atoms with van der Waals surface area (Å²) in [4.78, 5) is 0.746. The Kier molecular flexibility index (Phi) is 4.05. The van der Waals surface area contributed by atoms with Gasteiger partial charge in [-0.05, 0) is 25.3 Å². The molecule has 1 saturated carbocycles. The topological polar surface area (TPSA) is 66.4 Å². The fraction of sp³-hybridized carbons (Fsp3) is 0.467. The van der Waals surface area contributed by atoms with E-state index in [0.29, 0.717) is 16.2 Å². The highest BCUT2D eigenvalue weighted by Gasteiger charge is 2.29. The van der Waals surface area contributed by atoms with Gasteiger partial charge in [0.15, 0.2) is 0 Å². The monoisotopic (exact) mass is 325 g/mol. The van der Waals surface area contributed by atoms with Crippen LogP contribution in [0.4, 0.5) is 0 Å². The van der Waals surface area contributed by atoms with E-state index in [1.54, 1.807) is 6.07 Å². The summed E-state index contributed by atoms with van der Waals surface area (Å²) in [6.07, 6.45) is 3.29. The van der Waals surface area contributed by atoms with Crippen LogP contribution in [0.25, 0.3) is 10.1 Å². The van der Waals surface area contributed by atoms with Crippen LogP contribution < -0.4 is 4.72 Å². The van der Waals surface area contributed by atoms with Gasteiger partial charge in [-0.1, -0.05) is 31.0 Å². The minimum absolute atomic E-state index is 0.0762. The molecular formula is C15H19NO3S2. The maximum atomic E-state index is 12.7. The molecule has 0 amide bonds. The van der Waals surface area contributed by atoms with Gasteiger partial charge in [-0.3, -0.25) is 0 Å². The Morgan fingerprint density at radius 1 is 1.38 bits per heavy atom. The van der Waals surface area contributed by atoms with Crippen LogP contribution in [0.5, 0.6) is 0 Å². The largest absolute Gasteiger partial charge is 0.391 e. The lowest BCUT2D eigenvalue weighted by atomic mass is 10.2. The fourth-order valence-electron chi connectivity index (χ4n) is 2.70. The molecule has 0 bridgehead atoms. The zero-order chi connectivity index (χ0) is 15.0. The molecule has 1 aromatic heterocycles. The van der Waals surface area contributed by atoms with Crippen LogP contribution in [0.15, 0.2) is 29.2 Å². The summed E-state index contributed by atoms with van der Waals surface area (Å²) in [5.74, 6) is 0.666. The first-order valence-corrected chi connectivity index (χ1v) is 9.45. The lowest BCUT2D eigenvalue weighted by Crippen LogP contribution is -2.33. The molecule has 6 heteroatoms. The summed E-state index contributed by atoms with van der Waals surface area (Å²) in [6, 6.07) is 7.30. The van der Waals surface area contributed by atoms with Crippen molar-refractivity contribution in [3.05, 3.63) is 29.1 Å². The van der Waals surface area contributed by atoms with Crippen molar-refractivity contribution in [2.24, 2.45) is 5.92 Å². The molecule has 4 nitrogen and oxygen atoms in total. The predicted molar refractivity (Wildman–Crippen MR) is 84.9 cm³/mol. The summed E-state index contributed by atoms with van der Waals surface area (Å²) in [7, 11) is -3.60. The third-order valence-electron chi connectivity index (χ3n) is 3.77. The van der Waals surface area contributed by atoms with Crippen LogP contribution in [0, 0.1) is 5.92 Å². The molecule has 2 N–H and O–H groups in total. The molecule has 2 aromatic rings. The first-order valence-electron chi connectivity index (χ1n) is 7.15. The molecule has 0 spiro atoms. The molecule has 3 rings (SSSR count). The Bertz CT molecular complexity index is 747. The van der Waals surface area contributed by atoms with Crippen LogP contribution in [0.3, 0.4) is 0 Å². The first-order chi connectivity index (χ1) is 10.0. The van der Waals surface area contributed by atoms with E-state index in [2.05, 4.69) is 4.72 Å². The van der Waals surface area contributed by atoms with Gasteiger partial charge in [0.1, 0.15) is 4.90 Å². The van der Waals surface area contributed by atoms with Gasteiger partial charge in [-0.2, -0.15) is 0 Å². The molecule has 1 unspecified atom stereocenters. The summed E-state index contributed by atoms with van der Waals surface area (Å²) < 4.78 is 29.0. The van der Waals surface area contributed by atoms with E-state index in [-0.39, 0.29) is 17.5 Å².